The molecule has 6 nitrogen and oxygen atoms in total. The van der Waals surface area contributed by atoms with E-state index in [1.165, 1.54) is 6.33 Å². The zero-order chi connectivity index (χ0) is 21.5. The normalized spacial score (nSPS) is 12.3. The molecule has 1 heterocycles. The lowest BCUT2D eigenvalue weighted by atomic mass is 9.98. The number of hydrogen-bond acceptors (Lipinski definition) is 6. The number of allylic oxidation sites excluding steroid dienone is 2. The van der Waals surface area contributed by atoms with Crippen LogP contribution in [0.4, 0.5) is 11.5 Å². The van der Waals surface area contributed by atoms with Gasteiger partial charge in [-0.1, -0.05) is 43.5 Å². The molecule has 2 aromatic carbocycles. The van der Waals surface area contributed by atoms with Gasteiger partial charge in [-0.3, -0.25) is 0 Å². The van der Waals surface area contributed by atoms with Crippen molar-refractivity contribution >= 4 is 22.4 Å². The fraction of sp³-hybridized carbons (Fsp3) is 0.167. The Kier molecular flexibility index (Phi) is 6.83. The number of nitrogens with zero attached hydrogens (tertiary/aromatic N) is 2. The molecule has 0 bridgehead atoms. The summed E-state index contributed by atoms with van der Waals surface area (Å²) in [6.45, 7) is 7.68. The minimum Gasteiger partial charge on any atom is -0.493 e. The lowest BCUT2D eigenvalue weighted by molar-refractivity contribution is 0.356. The van der Waals surface area contributed by atoms with Gasteiger partial charge in [0.2, 0.25) is 0 Å². The second kappa shape index (κ2) is 9.71. The maximum Gasteiger partial charge on any atom is 0.162 e. The summed E-state index contributed by atoms with van der Waals surface area (Å²) < 4.78 is 10.8. The highest BCUT2D eigenvalue weighted by molar-refractivity contribution is 5.93. The maximum absolute atomic E-state index is 5.42. The summed E-state index contributed by atoms with van der Waals surface area (Å²) in [5, 5.41) is 7.53. The van der Waals surface area contributed by atoms with E-state index in [4.69, 9.17) is 9.47 Å². The first-order chi connectivity index (χ1) is 14.6. The van der Waals surface area contributed by atoms with E-state index >= 15 is 0 Å². The van der Waals surface area contributed by atoms with Gasteiger partial charge in [0, 0.05) is 17.1 Å². The van der Waals surface area contributed by atoms with Gasteiger partial charge in [-0.05, 0) is 36.4 Å². The van der Waals surface area contributed by atoms with E-state index in [1.54, 1.807) is 20.3 Å². The van der Waals surface area contributed by atoms with Gasteiger partial charge in [0.05, 0.1) is 25.8 Å². The van der Waals surface area contributed by atoms with Crippen LogP contribution in [-0.4, -0.2) is 31.2 Å². The van der Waals surface area contributed by atoms with Gasteiger partial charge in [-0.15, -0.1) is 0 Å². The molecule has 1 atom stereocenters. The number of nitrogens with one attached hydrogen (secondary N) is 2. The number of rotatable bonds is 9. The van der Waals surface area contributed by atoms with Crippen molar-refractivity contribution in [3.8, 4) is 11.5 Å². The van der Waals surface area contributed by atoms with E-state index in [-0.39, 0.29) is 6.04 Å². The van der Waals surface area contributed by atoms with Gasteiger partial charge in [0.1, 0.15) is 12.1 Å². The maximum atomic E-state index is 5.42. The van der Waals surface area contributed by atoms with Crippen molar-refractivity contribution in [1.29, 1.82) is 0 Å². The van der Waals surface area contributed by atoms with Crippen LogP contribution in [0.5, 0.6) is 11.5 Å². The van der Waals surface area contributed by atoms with Gasteiger partial charge in [-0.2, -0.15) is 0 Å². The van der Waals surface area contributed by atoms with Gasteiger partial charge in [0.15, 0.2) is 11.5 Å². The molecule has 1 unspecified atom stereocenters. The van der Waals surface area contributed by atoms with Gasteiger partial charge < -0.3 is 20.1 Å². The standard InChI is InChI=1S/C24H26N4O2/c1-6-8-16(7-2)23(25-3)17-9-11-18(12-10-17)28-24-19-13-21(29-4)22(30-5)14-20(19)26-15-27-24/h6-15,23,25H,1-2H2,3-5H3,(H,26,27,28)/b16-8+. The topological polar surface area (TPSA) is 68.3 Å². The first-order valence-corrected chi connectivity index (χ1v) is 9.51. The van der Waals surface area contributed by atoms with E-state index in [0.29, 0.717) is 17.3 Å². The summed E-state index contributed by atoms with van der Waals surface area (Å²) in [5.41, 5.74) is 3.85. The molecule has 3 aromatic rings. The van der Waals surface area contributed by atoms with Crippen molar-refractivity contribution in [2.45, 2.75) is 6.04 Å². The van der Waals surface area contributed by atoms with Crippen molar-refractivity contribution in [2.24, 2.45) is 0 Å². The molecular weight excluding hydrogens is 376 g/mol. The molecule has 0 aliphatic carbocycles. The molecular formula is C24H26N4O2. The Labute approximate surface area is 177 Å². The summed E-state index contributed by atoms with van der Waals surface area (Å²) in [7, 11) is 5.13. The molecule has 6 heteroatoms. The average Bonchev–Trinajstić information content (AvgIpc) is 2.79. The first kappa shape index (κ1) is 21.1. The Balaban J connectivity index is 1.92. The number of fused-ring (bicyclic) bond motifs is 1. The molecule has 0 aliphatic rings. The molecule has 0 radical (unpaired) electrons. The van der Waals surface area contributed by atoms with Gasteiger partial charge in [0.25, 0.3) is 0 Å². The van der Waals surface area contributed by atoms with Crippen LogP contribution >= 0.6 is 0 Å². The molecule has 1 aromatic heterocycles. The van der Waals surface area contributed by atoms with Crippen LogP contribution in [0.2, 0.25) is 0 Å². The van der Waals surface area contributed by atoms with E-state index in [1.807, 2.05) is 43.5 Å². The minimum atomic E-state index is 0.0335. The third-order valence-corrected chi connectivity index (χ3v) is 4.82. The summed E-state index contributed by atoms with van der Waals surface area (Å²) in [6, 6.07) is 11.9. The highest BCUT2D eigenvalue weighted by Crippen LogP contribution is 2.34. The highest BCUT2D eigenvalue weighted by atomic mass is 16.5. The third kappa shape index (κ3) is 4.34. The highest BCUT2D eigenvalue weighted by Gasteiger charge is 2.13. The van der Waals surface area contributed by atoms with E-state index < -0.39 is 0 Å². The Morgan fingerprint density at radius 3 is 2.33 bits per heavy atom. The van der Waals surface area contributed by atoms with Crippen molar-refractivity contribution in [1.82, 2.24) is 15.3 Å². The predicted octanol–water partition coefficient (Wildman–Crippen LogP) is 4.95. The Morgan fingerprint density at radius 1 is 1.03 bits per heavy atom. The van der Waals surface area contributed by atoms with Gasteiger partial charge >= 0.3 is 0 Å². The van der Waals surface area contributed by atoms with Crippen LogP contribution in [0.1, 0.15) is 11.6 Å². The predicted molar refractivity (Wildman–Crippen MR) is 123 cm³/mol. The molecule has 0 aliphatic heterocycles. The average molecular weight is 402 g/mol. The minimum absolute atomic E-state index is 0.0335. The van der Waals surface area contributed by atoms with Crippen LogP contribution in [0, 0.1) is 0 Å². The number of ether oxygens (including phenoxy) is 2. The number of anilines is 2. The van der Waals surface area contributed by atoms with Crippen molar-refractivity contribution in [2.75, 3.05) is 26.6 Å². The van der Waals surface area contributed by atoms with E-state index in [2.05, 4.69) is 45.9 Å². The summed E-state index contributed by atoms with van der Waals surface area (Å²) in [5.74, 6) is 1.95. The molecule has 3 rings (SSSR count). The summed E-state index contributed by atoms with van der Waals surface area (Å²) in [6.07, 6.45) is 7.08. The smallest absolute Gasteiger partial charge is 0.162 e. The quantitative estimate of drug-likeness (QED) is 0.494. The Bertz CT molecular complexity index is 1070. The van der Waals surface area contributed by atoms with Crippen LogP contribution in [0.15, 0.2) is 79.7 Å². The molecule has 154 valence electrons. The number of likely N-dealkylation sites (N-methyl/N-ethyl adjacent to an activating group) is 1. The number of benzene rings is 2. The van der Waals surface area contributed by atoms with Crippen LogP contribution < -0.4 is 20.1 Å². The lowest BCUT2D eigenvalue weighted by Crippen LogP contribution is -2.17. The van der Waals surface area contributed by atoms with E-state index in [9.17, 15) is 0 Å². The second-order valence-corrected chi connectivity index (χ2v) is 6.52. The number of aromatic nitrogens is 2. The van der Waals surface area contributed by atoms with Crippen LogP contribution in [-0.2, 0) is 0 Å². The molecule has 0 saturated heterocycles. The monoisotopic (exact) mass is 402 g/mol. The molecule has 2 N–H and O–H groups in total. The molecule has 30 heavy (non-hydrogen) atoms. The first-order valence-electron chi connectivity index (χ1n) is 9.51. The third-order valence-electron chi connectivity index (χ3n) is 4.82. The number of hydrogen-bond donors (Lipinski definition) is 2. The van der Waals surface area contributed by atoms with E-state index in [0.717, 1.165) is 27.7 Å². The Hall–Kier alpha value is -3.64. The van der Waals surface area contributed by atoms with Gasteiger partial charge in [-0.25, -0.2) is 9.97 Å². The zero-order valence-electron chi connectivity index (χ0n) is 17.5. The molecule has 0 spiro atoms. The van der Waals surface area contributed by atoms with Crippen LogP contribution in [0.3, 0.4) is 0 Å². The fourth-order valence-corrected chi connectivity index (χ4v) is 3.32. The summed E-state index contributed by atoms with van der Waals surface area (Å²) in [4.78, 5) is 8.75. The lowest BCUT2D eigenvalue weighted by Gasteiger charge is -2.18. The van der Waals surface area contributed by atoms with Crippen molar-refractivity contribution in [3.05, 3.63) is 85.2 Å². The molecule has 0 amide bonds. The summed E-state index contributed by atoms with van der Waals surface area (Å²) >= 11 is 0. The Morgan fingerprint density at radius 2 is 1.73 bits per heavy atom. The van der Waals surface area contributed by atoms with Crippen molar-refractivity contribution in [3.63, 3.8) is 0 Å². The van der Waals surface area contributed by atoms with Crippen LogP contribution in [0.25, 0.3) is 10.9 Å². The second-order valence-electron chi connectivity index (χ2n) is 6.52. The fourth-order valence-electron chi connectivity index (χ4n) is 3.32. The largest absolute Gasteiger partial charge is 0.493 e. The number of methoxy groups -OCH3 is 2. The zero-order valence-corrected chi connectivity index (χ0v) is 17.5. The molecule has 0 saturated carbocycles. The van der Waals surface area contributed by atoms with Crippen molar-refractivity contribution < 1.29 is 9.47 Å². The molecule has 0 fully saturated rings. The SMILES string of the molecule is C=C/C=C(\C=C)C(NC)c1ccc(Nc2ncnc3cc(OC)c(OC)cc23)cc1.